The predicted molar refractivity (Wildman–Crippen MR) is 92.9 cm³/mol. The summed E-state index contributed by atoms with van der Waals surface area (Å²) in [5.41, 5.74) is 2.36. The Hall–Kier alpha value is -3.16. The molecule has 8 heteroatoms. The van der Waals surface area contributed by atoms with Crippen LogP contribution in [0.15, 0.2) is 46.2 Å². The van der Waals surface area contributed by atoms with Gasteiger partial charge in [-0.25, -0.2) is 9.02 Å². The van der Waals surface area contributed by atoms with Crippen molar-refractivity contribution in [1.29, 1.82) is 0 Å². The van der Waals surface area contributed by atoms with Crippen LogP contribution < -0.4 is 4.90 Å². The Morgan fingerprint density at radius 3 is 2.46 bits per heavy atom. The summed E-state index contributed by atoms with van der Waals surface area (Å²) in [5, 5.41) is 10.6. The maximum Gasteiger partial charge on any atom is 0.166 e. The van der Waals surface area contributed by atoms with Gasteiger partial charge in [0.2, 0.25) is 0 Å². The molecule has 0 saturated carbocycles. The maximum atomic E-state index is 13.0. The topological polar surface area (TPSA) is 88.7 Å². The van der Waals surface area contributed by atoms with Gasteiger partial charge in [0.25, 0.3) is 0 Å². The lowest BCUT2D eigenvalue weighted by atomic mass is 9.88. The van der Waals surface area contributed by atoms with Gasteiger partial charge in [-0.15, -0.1) is 4.91 Å². The van der Waals surface area contributed by atoms with Gasteiger partial charge in [-0.1, -0.05) is 0 Å². The second-order valence-corrected chi connectivity index (χ2v) is 6.29. The minimum atomic E-state index is -0.352. The lowest BCUT2D eigenvalue weighted by Gasteiger charge is -2.33. The van der Waals surface area contributed by atoms with Crippen molar-refractivity contribution in [2.24, 2.45) is 11.1 Å². The highest BCUT2D eigenvalue weighted by molar-refractivity contribution is 5.98. The van der Waals surface area contributed by atoms with Gasteiger partial charge in [0.15, 0.2) is 16.8 Å². The number of fused-ring (bicyclic) bond motifs is 1. The number of benzene rings is 2. The van der Waals surface area contributed by atoms with Crippen LogP contribution in [0.1, 0.15) is 23.2 Å². The number of hydrogen-bond acceptors (Lipinski definition) is 7. The smallest absolute Gasteiger partial charge is 0.166 e. The van der Waals surface area contributed by atoms with Gasteiger partial charge >= 0.3 is 0 Å². The number of carbonyl (C=O) groups is 1. The molecule has 3 aromatic rings. The second kappa shape index (κ2) is 6.62. The number of piperidine rings is 1. The Labute approximate surface area is 147 Å². The number of nitrogens with zero attached hydrogens (tertiary/aromatic N) is 4. The number of aromatic nitrogens is 2. The minimum absolute atomic E-state index is 0.0402. The van der Waals surface area contributed by atoms with Crippen LogP contribution in [0, 0.1) is 16.6 Å². The quantitative estimate of drug-likeness (QED) is 0.522. The Morgan fingerprint density at radius 2 is 1.77 bits per heavy atom. The number of nitroso groups, excluding NO2 is 1. The zero-order valence-corrected chi connectivity index (χ0v) is 13.8. The lowest BCUT2D eigenvalue weighted by Crippen LogP contribution is -2.36. The van der Waals surface area contributed by atoms with Crippen LogP contribution in [0.2, 0.25) is 0 Å². The summed E-state index contributed by atoms with van der Waals surface area (Å²) in [6, 6.07) is 9.02. The average molecular weight is 354 g/mol. The van der Waals surface area contributed by atoms with Gasteiger partial charge in [-0.3, -0.25) is 4.79 Å². The molecule has 132 valence electrons. The third kappa shape index (κ3) is 2.83. The van der Waals surface area contributed by atoms with E-state index in [1.54, 1.807) is 12.1 Å². The van der Waals surface area contributed by atoms with Crippen LogP contribution >= 0.6 is 0 Å². The number of hydrogen-bond donors (Lipinski definition) is 0. The highest BCUT2D eigenvalue weighted by Crippen LogP contribution is 2.34. The fourth-order valence-corrected chi connectivity index (χ4v) is 3.40. The van der Waals surface area contributed by atoms with Crippen molar-refractivity contribution in [3.63, 3.8) is 0 Å². The molecule has 4 rings (SSSR count). The molecule has 0 bridgehead atoms. The first-order valence-electron chi connectivity index (χ1n) is 8.30. The van der Waals surface area contributed by atoms with Crippen LogP contribution in [0.3, 0.4) is 0 Å². The number of carbonyl (C=O) groups excluding carboxylic acids is 1. The van der Waals surface area contributed by atoms with Crippen LogP contribution in [0.25, 0.3) is 11.0 Å². The molecule has 1 aliphatic rings. The number of ketones is 1. The molecule has 26 heavy (non-hydrogen) atoms. The van der Waals surface area contributed by atoms with Crippen LogP contribution in [-0.2, 0) is 0 Å². The van der Waals surface area contributed by atoms with E-state index in [1.807, 2.05) is 0 Å². The normalized spacial score (nSPS) is 15.3. The van der Waals surface area contributed by atoms with E-state index in [2.05, 4.69) is 20.4 Å². The number of halogens is 1. The molecule has 0 radical (unpaired) electrons. The van der Waals surface area contributed by atoms with Crippen molar-refractivity contribution >= 4 is 28.2 Å². The first-order chi connectivity index (χ1) is 12.7. The lowest BCUT2D eigenvalue weighted by molar-refractivity contribution is 0.0900. The van der Waals surface area contributed by atoms with Crippen molar-refractivity contribution in [2.75, 3.05) is 18.0 Å². The van der Waals surface area contributed by atoms with E-state index in [9.17, 15) is 14.1 Å². The maximum absolute atomic E-state index is 13.0. The summed E-state index contributed by atoms with van der Waals surface area (Å²) in [6.07, 6.45) is 1.35. The van der Waals surface area contributed by atoms with Crippen molar-refractivity contribution in [3.8, 4) is 0 Å². The molecular weight excluding hydrogens is 339 g/mol. The van der Waals surface area contributed by atoms with E-state index in [0.29, 0.717) is 42.5 Å². The highest BCUT2D eigenvalue weighted by Gasteiger charge is 2.27. The van der Waals surface area contributed by atoms with Gasteiger partial charge in [-0.05, 0) is 64.7 Å². The van der Waals surface area contributed by atoms with Crippen molar-refractivity contribution in [1.82, 2.24) is 10.3 Å². The van der Waals surface area contributed by atoms with E-state index in [-0.39, 0.29) is 23.2 Å². The molecule has 1 aliphatic heterocycles. The van der Waals surface area contributed by atoms with Gasteiger partial charge in [0, 0.05) is 24.6 Å². The molecular formula is C18H15FN4O3. The third-order valence-electron chi connectivity index (χ3n) is 4.81. The molecule has 7 nitrogen and oxygen atoms in total. The molecule has 1 fully saturated rings. The first-order valence-corrected chi connectivity index (χ1v) is 8.30. The Balaban J connectivity index is 1.50. The molecule has 0 aliphatic carbocycles. The molecule has 0 unspecified atom stereocenters. The molecule has 0 spiro atoms. The summed E-state index contributed by atoms with van der Waals surface area (Å²) in [5.74, 6) is -0.410. The first kappa shape index (κ1) is 16.3. The SMILES string of the molecule is O=Nc1ccc(N2CCC(C(=O)c3ccc(F)cc3)CC2)c2nonc12. The van der Waals surface area contributed by atoms with E-state index in [0.717, 1.165) is 5.69 Å². The minimum Gasteiger partial charge on any atom is -0.370 e. The number of Topliss-reactive ketones (excluding diaryl/α,β-unsaturated/α-hetero) is 1. The van der Waals surface area contributed by atoms with Gasteiger partial charge in [-0.2, -0.15) is 0 Å². The van der Waals surface area contributed by atoms with E-state index in [4.69, 9.17) is 4.63 Å². The van der Waals surface area contributed by atoms with E-state index < -0.39 is 0 Å². The van der Waals surface area contributed by atoms with E-state index in [1.165, 1.54) is 24.3 Å². The van der Waals surface area contributed by atoms with Gasteiger partial charge in [0.1, 0.15) is 11.5 Å². The van der Waals surface area contributed by atoms with Gasteiger partial charge < -0.3 is 4.90 Å². The molecule has 0 amide bonds. The van der Waals surface area contributed by atoms with Crippen LogP contribution in [-0.4, -0.2) is 29.2 Å². The zero-order valence-electron chi connectivity index (χ0n) is 13.8. The van der Waals surface area contributed by atoms with Crippen molar-refractivity contribution < 1.29 is 13.8 Å². The Bertz CT molecular complexity index is 962. The molecule has 0 N–H and O–H groups in total. The largest absolute Gasteiger partial charge is 0.370 e. The zero-order chi connectivity index (χ0) is 18.1. The van der Waals surface area contributed by atoms with Gasteiger partial charge in [0.05, 0.1) is 5.69 Å². The Kier molecular flexibility index (Phi) is 4.16. The summed E-state index contributed by atoms with van der Waals surface area (Å²) in [4.78, 5) is 25.5. The highest BCUT2D eigenvalue weighted by atomic mass is 19.1. The predicted octanol–water partition coefficient (Wildman–Crippen LogP) is 3.86. The summed E-state index contributed by atoms with van der Waals surface area (Å²) in [7, 11) is 0. The second-order valence-electron chi connectivity index (χ2n) is 6.29. The summed E-state index contributed by atoms with van der Waals surface area (Å²) < 4.78 is 17.8. The van der Waals surface area contributed by atoms with Crippen LogP contribution in [0.4, 0.5) is 15.8 Å². The third-order valence-corrected chi connectivity index (χ3v) is 4.81. The molecule has 2 aromatic carbocycles. The molecule has 1 saturated heterocycles. The van der Waals surface area contributed by atoms with Crippen molar-refractivity contribution in [3.05, 3.63) is 52.7 Å². The average Bonchev–Trinajstić information content (AvgIpc) is 3.17. The fourth-order valence-electron chi connectivity index (χ4n) is 3.40. The summed E-state index contributed by atoms with van der Waals surface area (Å²) >= 11 is 0. The standard InChI is InChI=1S/C18H15FN4O3/c19-13-3-1-11(2-4-13)18(24)12-7-9-23(10-8-12)15-6-5-14(20-25)16-17(15)22-26-21-16/h1-6,12H,7-10H2. The summed E-state index contributed by atoms with van der Waals surface area (Å²) in [6.45, 7) is 1.32. The van der Waals surface area contributed by atoms with Crippen molar-refractivity contribution in [2.45, 2.75) is 12.8 Å². The van der Waals surface area contributed by atoms with E-state index >= 15 is 0 Å². The molecule has 1 aromatic heterocycles. The number of rotatable bonds is 4. The monoisotopic (exact) mass is 354 g/mol. The number of anilines is 1. The van der Waals surface area contributed by atoms with Crippen LogP contribution in [0.5, 0.6) is 0 Å². The molecule has 0 atom stereocenters. The fraction of sp³-hybridized carbons (Fsp3) is 0.278. The Morgan fingerprint density at radius 1 is 1.08 bits per heavy atom. The molecule has 2 heterocycles.